The van der Waals surface area contributed by atoms with Crippen molar-refractivity contribution in [2.24, 2.45) is 5.92 Å². The van der Waals surface area contributed by atoms with Crippen LogP contribution < -0.4 is 0 Å². The number of aryl methyl sites for hydroxylation is 1. The van der Waals surface area contributed by atoms with E-state index in [1.54, 1.807) is 23.5 Å². The van der Waals surface area contributed by atoms with Crippen LogP contribution in [0.2, 0.25) is 0 Å². The van der Waals surface area contributed by atoms with Gasteiger partial charge in [-0.3, -0.25) is 9.59 Å². The Morgan fingerprint density at radius 3 is 2.39 bits per heavy atom. The van der Waals surface area contributed by atoms with Crippen LogP contribution in [-0.4, -0.2) is 59.2 Å². The molecule has 3 rings (SSSR count). The number of likely N-dealkylation sites (tertiary alicyclic amines) is 1. The second kappa shape index (κ2) is 14.5. The molecular formula is C29H42FN3O2S. The maximum atomic E-state index is 13.7. The van der Waals surface area contributed by atoms with Crippen LogP contribution in [0.15, 0.2) is 35.7 Å². The van der Waals surface area contributed by atoms with Gasteiger partial charge < -0.3 is 14.7 Å². The van der Waals surface area contributed by atoms with Gasteiger partial charge in [-0.25, -0.2) is 4.39 Å². The molecular weight excluding hydrogens is 473 g/mol. The molecule has 0 aliphatic carbocycles. The molecule has 0 N–H and O–H groups in total. The molecule has 2 amide bonds. The second-order valence-corrected chi connectivity index (χ2v) is 11.0. The van der Waals surface area contributed by atoms with Crippen molar-refractivity contribution in [1.29, 1.82) is 0 Å². The molecule has 36 heavy (non-hydrogen) atoms. The highest BCUT2D eigenvalue weighted by Crippen LogP contribution is 2.21. The lowest BCUT2D eigenvalue weighted by Crippen LogP contribution is -2.47. The van der Waals surface area contributed by atoms with Gasteiger partial charge >= 0.3 is 0 Å². The molecule has 1 aliphatic heterocycles. The second-order valence-electron chi connectivity index (χ2n) is 9.96. The van der Waals surface area contributed by atoms with E-state index in [9.17, 15) is 14.0 Å². The molecule has 5 nitrogen and oxygen atoms in total. The van der Waals surface area contributed by atoms with Gasteiger partial charge in [-0.15, -0.1) is 11.3 Å². The molecule has 7 heteroatoms. The first-order chi connectivity index (χ1) is 17.4. The molecule has 1 aliphatic rings. The van der Waals surface area contributed by atoms with Crippen molar-refractivity contribution in [2.75, 3.05) is 32.7 Å². The number of thiophene rings is 1. The fourth-order valence-corrected chi connectivity index (χ4v) is 5.71. The molecule has 2 aromatic rings. The van der Waals surface area contributed by atoms with Crippen molar-refractivity contribution in [2.45, 2.75) is 72.4 Å². The summed E-state index contributed by atoms with van der Waals surface area (Å²) < 4.78 is 13.5. The van der Waals surface area contributed by atoms with E-state index in [0.29, 0.717) is 19.6 Å². The fourth-order valence-electron chi connectivity index (χ4n) is 4.79. The van der Waals surface area contributed by atoms with Crippen molar-refractivity contribution in [3.05, 3.63) is 57.5 Å². The average molecular weight is 516 g/mol. The van der Waals surface area contributed by atoms with E-state index in [1.807, 2.05) is 15.2 Å². The molecule has 1 aromatic carbocycles. The van der Waals surface area contributed by atoms with Crippen molar-refractivity contribution in [3.8, 4) is 0 Å². The Kier molecular flexibility index (Phi) is 11.4. The fraction of sp³-hybridized carbons (Fsp3) is 0.586. The van der Waals surface area contributed by atoms with Crippen LogP contribution in [0.3, 0.4) is 0 Å². The number of hydrogen-bond donors (Lipinski definition) is 0. The third-order valence-electron chi connectivity index (χ3n) is 7.21. The summed E-state index contributed by atoms with van der Waals surface area (Å²) in [5, 5.41) is 2.04. The van der Waals surface area contributed by atoms with Crippen molar-refractivity contribution in [1.82, 2.24) is 14.7 Å². The van der Waals surface area contributed by atoms with Crippen LogP contribution in [-0.2, 0) is 22.7 Å². The zero-order valence-electron chi connectivity index (χ0n) is 22.2. The Hall–Kier alpha value is -2.25. The van der Waals surface area contributed by atoms with Gasteiger partial charge in [0, 0.05) is 30.4 Å². The van der Waals surface area contributed by atoms with E-state index in [4.69, 9.17) is 0 Å². The normalized spacial score (nSPS) is 14.7. The molecule has 1 saturated heterocycles. The van der Waals surface area contributed by atoms with Gasteiger partial charge in [-0.2, -0.15) is 0 Å². The number of hydrogen-bond acceptors (Lipinski definition) is 4. The molecule has 0 unspecified atom stereocenters. The molecule has 0 saturated carbocycles. The number of nitrogens with zero attached hydrogens (tertiary/aromatic N) is 3. The zero-order valence-corrected chi connectivity index (χ0v) is 23.0. The number of unbranched alkanes of at least 4 members (excludes halogenated alkanes) is 1. The SMILES string of the molecule is CCCC[C@@H](CC)C(=O)N(CCN1CCCC1)CC(=O)N(Cc1ccc(F)cc1)Cc1sccc1C. The van der Waals surface area contributed by atoms with Crippen LogP contribution in [0.4, 0.5) is 4.39 Å². The highest BCUT2D eigenvalue weighted by molar-refractivity contribution is 7.10. The lowest BCUT2D eigenvalue weighted by Gasteiger charge is -2.31. The van der Waals surface area contributed by atoms with Gasteiger partial charge in [0.1, 0.15) is 5.82 Å². The minimum atomic E-state index is -0.290. The zero-order chi connectivity index (χ0) is 25.9. The predicted molar refractivity (Wildman–Crippen MR) is 145 cm³/mol. The summed E-state index contributed by atoms with van der Waals surface area (Å²) in [7, 11) is 0. The Morgan fingerprint density at radius 1 is 1.06 bits per heavy atom. The first-order valence-electron chi connectivity index (χ1n) is 13.5. The van der Waals surface area contributed by atoms with Gasteiger partial charge in [0.05, 0.1) is 13.1 Å². The third-order valence-corrected chi connectivity index (χ3v) is 8.22. The van der Waals surface area contributed by atoms with Crippen LogP contribution in [0.1, 0.15) is 68.4 Å². The van der Waals surface area contributed by atoms with Crippen molar-refractivity contribution < 1.29 is 14.0 Å². The Morgan fingerprint density at radius 2 is 1.78 bits per heavy atom. The van der Waals surface area contributed by atoms with Gasteiger partial charge in [-0.05, 0) is 80.4 Å². The van der Waals surface area contributed by atoms with E-state index < -0.39 is 0 Å². The maximum Gasteiger partial charge on any atom is 0.242 e. The summed E-state index contributed by atoms with van der Waals surface area (Å²) in [4.78, 5) is 34.5. The molecule has 1 aromatic heterocycles. The van der Waals surface area contributed by atoms with Gasteiger partial charge in [0.15, 0.2) is 0 Å². The predicted octanol–water partition coefficient (Wildman–Crippen LogP) is 5.87. The van der Waals surface area contributed by atoms with E-state index in [2.05, 4.69) is 31.7 Å². The number of rotatable bonds is 14. The molecule has 0 spiro atoms. The summed E-state index contributed by atoms with van der Waals surface area (Å²) in [5.41, 5.74) is 2.03. The largest absolute Gasteiger partial charge is 0.332 e. The molecule has 0 radical (unpaired) electrons. The lowest BCUT2D eigenvalue weighted by molar-refractivity contribution is -0.144. The minimum absolute atomic E-state index is 0.0404. The van der Waals surface area contributed by atoms with Crippen LogP contribution in [0.25, 0.3) is 0 Å². The third kappa shape index (κ3) is 8.41. The quantitative estimate of drug-likeness (QED) is 0.316. The molecule has 0 bridgehead atoms. The number of carbonyl (C=O) groups is 2. The highest BCUT2D eigenvalue weighted by Gasteiger charge is 2.27. The average Bonchev–Trinajstić information content (AvgIpc) is 3.54. The van der Waals surface area contributed by atoms with Crippen LogP contribution >= 0.6 is 11.3 Å². The van der Waals surface area contributed by atoms with E-state index >= 15 is 0 Å². The van der Waals surface area contributed by atoms with Gasteiger partial charge in [-0.1, -0.05) is 38.8 Å². The summed E-state index contributed by atoms with van der Waals surface area (Å²) in [5.74, 6) is -0.289. The summed E-state index contributed by atoms with van der Waals surface area (Å²) >= 11 is 1.64. The number of carbonyl (C=O) groups excluding carboxylic acids is 2. The van der Waals surface area contributed by atoms with Gasteiger partial charge in [0.25, 0.3) is 0 Å². The topological polar surface area (TPSA) is 43.9 Å². The van der Waals surface area contributed by atoms with E-state index in [0.717, 1.165) is 61.3 Å². The van der Waals surface area contributed by atoms with Crippen molar-refractivity contribution in [3.63, 3.8) is 0 Å². The summed E-state index contributed by atoms with van der Waals surface area (Å²) in [6, 6.07) is 8.38. The minimum Gasteiger partial charge on any atom is -0.332 e. The van der Waals surface area contributed by atoms with E-state index in [1.165, 1.54) is 25.0 Å². The Bertz CT molecular complexity index is 956. The van der Waals surface area contributed by atoms with Crippen LogP contribution in [0.5, 0.6) is 0 Å². The van der Waals surface area contributed by atoms with Crippen LogP contribution in [0, 0.1) is 18.7 Å². The standard InChI is InChI=1S/C29H42FN3O2S/c1-4-6-9-25(5-2)29(35)32(18-17-31-15-7-8-16-31)22-28(34)33(21-27-23(3)14-19-36-27)20-24-10-12-26(30)13-11-24/h10-14,19,25H,4-9,15-18,20-22H2,1-3H3/t25-/m1/s1. The Balaban J connectivity index is 1.77. The highest BCUT2D eigenvalue weighted by atomic mass is 32.1. The van der Waals surface area contributed by atoms with Crippen molar-refractivity contribution >= 4 is 23.2 Å². The van der Waals surface area contributed by atoms with Gasteiger partial charge in [0.2, 0.25) is 11.8 Å². The molecule has 1 atom stereocenters. The number of amides is 2. The molecule has 1 fully saturated rings. The molecule has 198 valence electrons. The number of benzene rings is 1. The summed E-state index contributed by atoms with van der Waals surface area (Å²) in [6.07, 6.45) is 6.14. The van der Waals surface area contributed by atoms with E-state index in [-0.39, 0.29) is 30.1 Å². The maximum absolute atomic E-state index is 13.7. The lowest BCUT2D eigenvalue weighted by atomic mass is 9.97. The smallest absolute Gasteiger partial charge is 0.242 e. The Labute approximate surface area is 220 Å². The molecule has 2 heterocycles. The monoisotopic (exact) mass is 515 g/mol. The summed E-state index contributed by atoms with van der Waals surface area (Å²) in [6.45, 7) is 10.7. The first-order valence-corrected chi connectivity index (χ1v) is 14.4. The number of halogens is 1. The first kappa shape index (κ1) is 28.3.